The average Bonchev–Trinajstić information content (AvgIpc) is 2.83. The number of amides is 1. The molecule has 0 aliphatic rings. The number of esters is 1. The van der Waals surface area contributed by atoms with Gasteiger partial charge in [-0.1, -0.05) is 91.0 Å². The maximum absolute atomic E-state index is 12.6. The normalized spacial score (nSPS) is 12.4. The topological polar surface area (TPSA) is 73.9 Å². The fourth-order valence-corrected chi connectivity index (χ4v) is 3.06. The fourth-order valence-electron chi connectivity index (χ4n) is 3.06. The van der Waals surface area contributed by atoms with Gasteiger partial charge >= 0.3 is 12.1 Å². The Morgan fingerprint density at radius 2 is 1.29 bits per heavy atom. The average molecular weight is 419 g/mol. The highest BCUT2D eigenvalue weighted by atomic mass is 16.6. The second-order valence-electron chi connectivity index (χ2n) is 6.83. The smallest absolute Gasteiger partial charge is 0.408 e. The minimum atomic E-state index is -1.06. The first-order chi connectivity index (χ1) is 15.2. The van der Waals surface area contributed by atoms with Crippen LogP contribution in [0.2, 0.25) is 0 Å². The van der Waals surface area contributed by atoms with Crippen LogP contribution in [0.4, 0.5) is 4.79 Å². The third-order valence-corrected chi connectivity index (χ3v) is 4.65. The molecule has 31 heavy (non-hydrogen) atoms. The molecule has 0 radical (unpaired) electrons. The maximum atomic E-state index is 12.6. The standard InChI is InChI=1S/C25H25NO5/c1-29-24(27)23(30-17-19-11-5-2-6-12-19)22(21-15-9-4-10-16-21)26-25(28)31-18-20-13-7-3-8-14-20/h2-16,22-23H,17-18H2,1H3,(H,26,28)/t22-,23+/m1/s1. The molecule has 0 bridgehead atoms. The van der Waals surface area contributed by atoms with Crippen molar-refractivity contribution < 1.29 is 23.8 Å². The SMILES string of the molecule is COC(=O)[C@@H](OCc1ccccc1)[C@H](NC(=O)OCc1ccccc1)c1ccccc1. The lowest BCUT2D eigenvalue weighted by molar-refractivity contribution is -0.157. The summed E-state index contributed by atoms with van der Waals surface area (Å²) in [5.41, 5.74) is 2.45. The lowest BCUT2D eigenvalue weighted by atomic mass is 10.0. The molecule has 0 unspecified atom stereocenters. The van der Waals surface area contributed by atoms with E-state index in [2.05, 4.69) is 5.32 Å². The van der Waals surface area contributed by atoms with E-state index in [0.717, 1.165) is 11.1 Å². The largest absolute Gasteiger partial charge is 0.467 e. The van der Waals surface area contributed by atoms with Crippen molar-refractivity contribution in [2.75, 3.05) is 7.11 Å². The molecule has 2 atom stereocenters. The highest BCUT2D eigenvalue weighted by molar-refractivity contribution is 5.77. The number of methoxy groups -OCH3 is 1. The van der Waals surface area contributed by atoms with E-state index in [1.807, 2.05) is 91.0 Å². The van der Waals surface area contributed by atoms with Crippen LogP contribution >= 0.6 is 0 Å². The minimum absolute atomic E-state index is 0.113. The van der Waals surface area contributed by atoms with E-state index in [0.29, 0.717) is 5.56 Å². The number of nitrogens with one attached hydrogen (secondary N) is 1. The predicted molar refractivity (Wildman–Crippen MR) is 116 cm³/mol. The summed E-state index contributed by atoms with van der Waals surface area (Å²) in [7, 11) is 1.29. The zero-order valence-corrected chi connectivity index (χ0v) is 17.3. The van der Waals surface area contributed by atoms with E-state index in [1.165, 1.54) is 7.11 Å². The molecule has 0 aliphatic heterocycles. The van der Waals surface area contributed by atoms with Gasteiger partial charge < -0.3 is 19.5 Å². The molecule has 3 aromatic rings. The molecule has 0 saturated carbocycles. The number of rotatable bonds is 9. The molecule has 3 rings (SSSR count). The van der Waals surface area contributed by atoms with Crippen molar-refractivity contribution in [2.24, 2.45) is 0 Å². The Hall–Kier alpha value is -3.64. The van der Waals surface area contributed by atoms with Gasteiger partial charge in [-0.05, 0) is 16.7 Å². The lowest BCUT2D eigenvalue weighted by Crippen LogP contribution is -2.42. The second kappa shape index (κ2) is 11.5. The van der Waals surface area contributed by atoms with Crippen LogP contribution in [0.5, 0.6) is 0 Å². The Morgan fingerprint density at radius 3 is 1.84 bits per heavy atom. The summed E-state index contributed by atoms with van der Waals surface area (Å²) in [6, 6.07) is 27.2. The van der Waals surface area contributed by atoms with E-state index in [4.69, 9.17) is 14.2 Å². The van der Waals surface area contributed by atoms with Crippen molar-refractivity contribution >= 4 is 12.1 Å². The van der Waals surface area contributed by atoms with Crippen LogP contribution in [0, 0.1) is 0 Å². The molecule has 0 spiro atoms. The molecule has 0 heterocycles. The zero-order chi connectivity index (χ0) is 21.9. The van der Waals surface area contributed by atoms with Gasteiger partial charge in [-0.15, -0.1) is 0 Å². The van der Waals surface area contributed by atoms with Crippen LogP contribution < -0.4 is 5.32 Å². The number of carbonyl (C=O) groups is 2. The van der Waals surface area contributed by atoms with Crippen molar-refractivity contribution in [3.8, 4) is 0 Å². The van der Waals surface area contributed by atoms with Gasteiger partial charge in [0.1, 0.15) is 6.61 Å². The molecular formula is C25H25NO5. The van der Waals surface area contributed by atoms with Gasteiger partial charge in [0.25, 0.3) is 0 Å². The third-order valence-electron chi connectivity index (χ3n) is 4.65. The Morgan fingerprint density at radius 1 is 0.774 bits per heavy atom. The van der Waals surface area contributed by atoms with Gasteiger partial charge in [-0.3, -0.25) is 0 Å². The number of alkyl carbamates (subject to hydrolysis) is 1. The Labute approximate surface area is 181 Å². The molecule has 0 saturated heterocycles. The van der Waals surface area contributed by atoms with Crippen molar-refractivity contribution in [3.05, 3.63) is 108 Å². The van der Waals surface area contributed by atoms with E-state index in [9.17, 15) is 9.59 Å². The second-order valence-corrected chi connectivity index (χ2v) is 6.83. The summed E-state index contributed by atoms with van der Waals surface area (Å²) in [5, 5.41) is 2.77. The van der Waals surface area contributed by atoms with Gasteiger partial charge in [0.15, 0.2) is 6.10 Å². The summed E-state index contributed by atoms with van der Waals surface area (Å²) in [6.45, 7) is 0.298. The molecule has 0 aliphatic carbocycles. The van der Waals surface area contributed by atoms with Crippen molar-refractivity contribution in [1.82, 2.24) is 5.32 Å². The molecule has 0 fully saturated rings. The Balaban J connectivity index is 1.76. The summed E-state index contributed by atoms with van der Waals surface area (Å²) >= 11 is 0. The molecule has 1 amide bonds. The van der Waals surface area contributed by atoms with Crippen LogP contribution in [-0.2, 0) is 32.2 Å². The van der Waals surface area contributed by atoms with Crippen molar-refractivity contribution in [3.63, 3.8) is 0 Å². The van der Waals surface area contributed by atoms with Crippen LogP contribution in [0.25, 0.3) is 0 Å². The number of ether oxygens (including phenoxy) is 3. The molecular weight excluding hydrogens is 394 g/mol. The van der Waals surface area contributed by atoms with E-state index >= 15 is 0 Å². The molecule has 6 nitrogen and oxygen atoms in total. The number of benzene rings is 3. The van der Waals surface area contributed by atoms with Gasteiger partial charge in [0, 0.05) is 0 Å². The molecule has 0 aromatic heterocycles. The van der Waals surface area contributed by atoms with Crippen molar-refractivity contribution in [1.29, 1.82) is 0 Å². The molecule has 160 valence electrons. The summed E-state index contributed by atoms with van der Waals surface area (Å²) in [4.78, 5) is 25.1. The van der Waals surface area contributed by atoms with Gasteiger partial charge in [0.05, 0.1) is 19.8 Å². The number of carbonyl (C=O) groups excluding carboxylic acids is 2. The first-order valence-corrected chi connectivity index (χ1v) is 9.93. The number of hydrogen-bond donors (Lipinski definition) is 1. The van der Waals surface area contributed by atoms with Crippen LogP contribution in [-0.4, -0.2) is 25.3 Å². The zero-order valence-electron chi connectivity index (χ0n) is 17.3. The van der Waals surface area contributed by atoms with E-state index in [-0.39, 0.29) is 13.2 Å². The van der Waals surface area contributed by atoms with E-state index in [1.54, 1.807) is 0 Å². The molecule has 6 heteroatoms. The summed E-state index contributed by atoms with van der Waals surface area (Å²) < 4.78 is 16.2. The minimum Gasteiger partial charge on any atom is -0.467 e. The summed E-state index contributed by atoms with van der Waals surface area (Å²) in [5.74, 6) is -0.590. The molecule has 1 N–H and O–H groups in total. The Bertz CT molecular complexity index is 947. The fraction of sp³-hybridized carbons (Fsp3) is 0.200. The first-order valence-electron chi connectivity index (χ1n) is 9.93. The Kier molecular flexibility index (Phi) is 8.20. The highest BCUT2D eigenvalue weighted by Crippen LogP contribution is 2.22. The van der Waals surface area contributed by atoms with Gasteiger partial charge in [-0.25, -0.2) is 9.59 Å². The predicted octanol–water partition coefficient (Wildman–Crippen LogP) is 4.41. The third kappa shape index (κ3) is 6.69. The highest BCUT2D eigenvalue weighted by Gasteiger charge is 2.33. The van der Waals surface area contributed by atoms with E-state index < -0.39 is 24.2 Å². The van der Waals surface area contributed by atoms with Crippen molar-refractivity contribution in [2.45, 2.75) is 25.4 Å². The van der Waals surface area contributed by atoms with Crippen LogP contribution in [0.15, 0.2) is 91.0 Å². The lowest BCUT2D eigenvalue weighted by Gasteiger charge is -2.26. The summed E-state index contributed by atoms with van der Waals surface area (Å²) in [6.07, 6.45) is -1.72. The maximum Gasteiger partial charge on any atom is 0.408 e. The first kappa shape index (κ1) is 22.1. The number of hydrogen-bond acceptors (Lipinski definition) is 5. The van der Waals surface area contributed by atoms with Gasteiger partial charge in [0.2, 0.25) is 0 Å². The van der Waals surface area contributed by atoms with Crippen LogP contribution in [0.3, 0.4) is 0 Å². The van der Waals surface area contributed by atoms with Crippen LogP contribution in [0.1, 0.15) is 22.7 Å². The monoisotopic (exact) mass is 419 g/mol. The van der Waals surface area contributed by atoms with Gasteiger partial charge in [-0.2, -0.15) is 0 Å². The quantitative estimate of drug-likeness (QED) is 0.520. The molecule has 3 aromatic carbocycles.